The number of rotatable bonds is 2. The van der Waals surface area contributed by atoms with Gasteiger partial charge in [0.2, 0.25) is 0 Å². The minimum absolute atomic E-state index is 0.0440. The van der Waals surface area contributed by atoms with Crippen molar-refractivity contribution in [3.8, 4) is 0 Å². The van der Waals surface area contributed by atoms with Crippen molar-refractivity contribution in [3.05, 3.63) is 0 Å². The van der Waals surface area contributed by atoms with Crippen LogP contribution in [-0.2, 0) is 0 Å². The summed E-state index contributed by atoms with van der Waals surface area (Å²) in [5.74, 6) is 0.705. The molecule has 4 heteroatoms. The molecule has 0 saturated carbocycles. The van der Waals surface area contributed by atoms with Crippen molar-refractivity contribution >= 4 is 28.7 Å². The quantitative estimate of drug-likeness (QED) is 0.617. The molecule has 0 aliphatic carbocycles. The van der Waals surface area contributed by atoms with E-state index in [0.717, 1.165) is 12.8 Å². The molecule has 0 radical (unpaired) electrons. The van der Waals surface area contributed by atoms with Gasteiger partial charge in [-0.2, -0.15) is 0 Å². The lowest BCUT2D eigenvalue weighted by Gasteiger charge is -2.44. The normalized spacial score (nSPS) is 26.9. The number of alkyl halides is 1. The van der Waals surface area contributed by atoms with Gasteiger partial charge in [-0.15, -0.1) is 0 Å². The number of piperidine rings is 1. The summed E-state index contributed by atoms with van der Waals surface area (Å²) in [5, 5.41) is 9.21. The first-order valence-electron chi connectivity index (χ1n) is 5.91. The average molecular weight is 339 g/mol. The lowest BCUT2D eigenvalue weighted by Crippen LogP contribution is -2.51. The molecule has 0 spiro atoms. The number of hydrogen-bond donors (Lipinski definition) is 1. The van der Waals surface area contributed by atoms with Crippen LogP contribution in [0, 0.1) is 11.3 Å². The topological polar surface area (TPSA) is 40.5 Å². The van der Waals surface area contributed by atoms with Crippen LogP contribution >= 0.6 is 22.6 Å². The summed E-state index contributed by atoms with van der Waals surface area (Å²) < 4.78 is 1.17. The molecule has 0 aromatic carbocycles. The van der Waals surface area contributed by atoms with Gasteiger partial charge in [0.05, 0.1) is 0 Å². The highest BCUT2D eigenvalue weighted by Gasteiger charge is 2.38. The van der Waals surface area contributed by atoms with Crippen LogP contribution in [0.1, 0.15) is 40.0 Å². The highest BCUT2D eigenvalue weighted by Crippen LogP contribution is 2.35. The molecule has 16 heavy (non-hydrogen) atoms. The Balaban J connectivity index is 2.74. The van der Waals surface area contributed by atoms with Gasteiger partial charge >= 0.3 is 6.09 Å². The maximum Gasteiger partial charge on any atom is 0.407 e. The standard InChI is InChI=1S/C12H22INO2/c1-12(2,3)10-8-9(4-6-13)5-7-14(10)11(15)16/h9-10H,4-8H2,1-3H3,(H,15,16). The Morgan fingerprint density at radius 2 is 2.12 bits per heavy atom. The molecular formula is C12H22INO2. The SMILES string of the molecule is CC(C)(C)C1CC(CCI)CCN1C(=O)O. The fourth-order valence-corrected chi connectivity index (χ4v) is 3.39. The molecule has 3 nitrogen and oxygen atoms in total. The lowest BCUT2D eigenvalue weighted by atomic mass is 9.76. The van der Waals surface area contributed by atoms with Gasteiger partial charge in [-0.05, 0) is 35.0 Å². The number of nitrogens with zero attached hydrogens (tertiary/aromatic N) is 1. The molecule has 94 valence electrons. The zero-order chi connectivity index (χ0) is 12.3. The average Bonchev–Trinajstić information content (AvgIpc) is 2.16. The first-order valence-corrected chi connectivity index (χ1v) is 7.44. The van der Waals surface area contributed by atoms with Crippen molar-refractivity contribution < 1.29 is 9.90 Å². The Labute approximate surface area is 112 Å². The maximum absolute atomic E-state index is 11.2. The molecule has 1 amide bonds. The van der Waals surface area contributed by atoms with E-state index in [4.69, 9.17) is 0 Å². The number of carboxylic acid groups (broad SMARTS) is 1. The van der Waals surface area contributed by atoms with E-state index in [1.54, 1.807) is 4.90 Å². The molecule has 1 aliphatic heterocycles. The first-order chi connectivity index (χ1) is 7.36. The summed E-state index contributed by atoms with van der Waals surface area (Å²) in [6.07, 6.45) is 2.52. The Morgan fingerprint density at radius 3 is 2.56 bits per heavy atom. The van der Waals surface area contributed by atoms with E-state index in [0.29, 0.717) is 12.5 Å². The second-order valence-corrected chi connectivity index (χ2v) is 6.80. The minimum Gasteiger partial charge on any atom is -0.465 e. The van der Waals surface area contributed by atoms with Crippen LogP contribution in [-0.4, -0.2) is 33.1 Å². The highest BCUT2D eigenvalue weighted by atomic mass is 127. The molecular weight excluding hydrogens is 317 g/mol. The summed E-state index contributed by atoms with van der Waals surface area (Å²) in [4.78, 5) is 12.8. The fourth-order valence-electron chi connectivity index (χ4n) is 2.50. The third kappa shape index (κ3) is 3.50. The Kier molecular flexibility index (Phi) is 4.88. The van der Waals surface area contributed by atoms with E-state index in [-0.39, 0.29) is 11.5 Å². The second-order valence-electron chi connectivity index (χ2n) is 5.73. The van der Waals surface area contributed by atoms with E-state index < -0.39 is 6.09 Å². The number of carbonyl (C=O) groups is 1. The third-order valence-corrected chi connectivity index (χ3v) is 4.10. The highest BCUT2D eigenvalue weighted by molar-refractivity contribution is 14.1. The van der Waals surface area contributed by atoms with Crippen molar-refractivity contribution in [2.45, 2.75) is 46.1 Å². The van der Waals surface area contributed by atoms with Gasteiger partial charge in [0.15, 0.2) is 0 Å². The smallest absolute Gasteiger partial charge is 0.407 e. The summed E-state index contributed by atoms with van der Waals surface area (Å²) in [6, 6.07) is 0.173. The van der Waals surface area contributed by atoms with Gasteiger partial charge in [0.25, 0.3) is 0 Å². The largest absolute Gasteiger partial charge is 0.465 e. The van der Waals surface area contributed by atoms with Gasteiger partial charge in [-0.25, -0.2) is 4.79 Å². The van der Waals surface area contributed by atoms with E-state index in [2.05, 4.69) is 43.4 Å². The Hall–Kier alpha value is 0. The fraction of sp³-hybridized carbons (Fsp3) is 0.917. The Bertz CT molecular complexity index is 250. The van der Waals surface area contributed by atoms with E-state index in [1.807, 2.05) is 0 Å². The maximum atomic E-state index is 11.2. The van der Waals surface area contributed by atoms with Crippen LogP contribution in [0.3, 0.4) is 0 Å². The van der Waals surface area contributed by atoms with Crippen molar-refractivity contribution in [2.24, 2.45) is 11.3 Å². The van der Waals surface area contributed by atoms with E-state index in [1.165, 1.54) is 10.8 Å². The van der Waals surface area contributed by atoms with Crippen LogP contribution < -0.4 is 0 Å². The van der Waals surface area contributed by atoms with Crippen molar-refractivity contribution in [2.75, 3.05) is 11.0 Å². The lowest BCUT2D eigenvalue weighted by molar-refractivity contribution is 0.0403. The molecule has 0 bridgehead atoms. The molecule has 1 N–H and O–H groups in total. The Morgan fingerprint density at radius 1 is 1.50 bits per heavy atom. The summed E-state index contributed by atoms with van der Waals surface area (Å²) in [6.45, 7) is 7.12. The van der Waals surface area contributed by atoms with Gasteiger partial charge in [0.1, 0.15) is 0 Å². The molecule has 1 saturated heterocycles. The van der Waals surface area contributed by atoms with Crippen LogP contribution in [0.15, 0.2) is 0 Å². The van der Waals surface area contributed by atoms with Crippen LogP contribution in [0.4, 0.5) is 4.79 Å². The molecule has 1 fully saturated rings. The summed E-state index contributed by atoms with van der Waals surface area (Å²) >= 11 is 2.41. The predicted molar refractivity (Wildman–Crippen MR) is 74.2 cm³/mol. The van der Waals surface area contributed by atoms with Crippen LogP contribution in [0.25, 0.3) is 0 Å². The number of amides is 1. The minimum atomic E-state index is -0.757. The summed E-state index contributed by atoms with van der Waals surface area (Å²) in [5.41, 5.74) is 0.0440. The predicted octanol–water partition coefficient (Wildman–Crippen LogP) is 3.62. The molecule has 2 atom stereocenters. The molecule has 1 aliphatic rings. The number of halogens is 1. The molecule has 1 rings (SSSR count). The van der Waals surface area contributed by atoms with Crippen molar-refractivity contribution in [1.29, 1.82) is 0 Å². The monoisotopic (exact) mass is 339 g/mol. The van der Waals surface area contributed by atoms with Crippen LogP contribution in [0.5, 0.6) is 0 Å². The van der Waals surface area contributed by atoms with Crippen molar-refractivity contribution in [3.63, 3.8) is 0 Å². The van der Waals surface area contributed by atoms with Crippen molar-refractivity contribution in [1.82, 2.24) is 4.90 Å². The zero-order valence-corrected chi connectivity index (χ0v) is 12.5. The molecule has 2 unspecified atom stereocenters. The van der Waals surface area contributed by atoms with Gasteiger partial charge in [0, 0.05) is 12.6 Å². The number of likely N-dealkylation sites (tertiary alicyclic amines) is 1. The van der Waals surface area contributed by atoms with Gasteiger partial charge < -0.3 is 10.0 Å². The molecule has 1 heterocycles. The molecule has 0 aromatic rings. The van der Waals surface area contributed by atoms with Gasteiger partial charge in [-0.3, -0.25) is 0 Å². The van der Waals surface area contributed by atoms with Gasteiger partial charge in [-0.1, -0.05) is 43.4 Å². The second kappa shape index (κ2) is 5.56. The first kappa shape index (κ1) is 14.1. The van der Waals surface area contributed by atoms with E-state index >= 15 is 0 Å². The summed E-state index contributed by atoms with van der Waals surface area (Å²) in [7, 11) is 0. The third-order valence-electron chi connectivity index (χ3n) is 3.47. The number of hydrogen-bond acceptors (Lipinski definition) is 1. The zero-order valence-electron chi connectivity index (χ0n) is 10.4. The van der Waals surface area contributed by atoms with Crippen LogP contribution in [0.2, 0.25) is 0 Å². The van der Waals surface area contributed by atoms with E-state index in [9.17, 15) is 9.90 Å². The molecule has 0 aromatic heterocycles.